The van der Waals surface area contributed by atoms with E-state index in [9.17, 15) is 9.90 Å². The minimum Gasteiger partial charge on any atom is -0.504 e. The van der Waals surface area contributed by atoms with Gasteiger partial charge in [-0.2, -0.15) is 0 Å². The molecule has 130 valence electrons. The van der Waals surface area contributed by atoms with Gasteiger partial charge in [-0.05, 0) is 55.0 Å². The van der Waals surface area contributed by atoms with Crippen LogP contribution < -0.4 is 4.74 Å². The number of hydrogen-bond donors (Lipinski definition) is 1. The highest BCUT2D eigenvalue weighted by molar-refractivity contribution is 5.95. The third-order valence-corrected chi connectivity index (χ3v) is 5.63. The third-order valence-electron chi connectivity index (χ3n) is 5.63. The van der Waals surface area contributed by atoms with Crippen LogP contribution in [-0.2, 0) is 6.42 Å². The van der Waals surface area contributed by atoms with Gasteiger partial charge in [0.25, 0.3) is 5.91 Å². The van der Waals surface area contributed by atoms with Crippen molar-refractivity contribution in [1.29, 1.82) is 0 Å². The van der Waals surface area contributed by atoms with Crippen molar-refractivity contribution in [1.82, 2.24) is 4.90 Å². The Morgan fingerprint density at radius 1 is 1.20 bits per heavy atom. The van der Waals surface area contributed by atoms with Crippen LogP contribution in [0.1, 0.15) is 46.7 Å². The molecule has 2 aromatic carbocycles. The van der Waals surface area contributed by atoms with Crippen LogP contribution in [0.5, 0.6) is 11.5 Å². The van der Waals surface area contributed by atoms with Gasteiger partial charge in [-0.25, -0.2) is 0 Å². The molecule has 1 aliphatic heterocycles. The van der Waals surface area contributed by atoms with Crippen molar-refractivity contribution in [3.05, 3.63) is 59.2 Å². The Balaban J connectivity index is 1.63. The van der Waals surface area contributed by atoms with Gasteiger partial charge >= 0.3 is 0 Å². The van der Waals surface area contributed by atoms with Crippen LogP contribution >= 0.6 is 0 Å². The monoisotopic (exact) mass is 337 g/mol. The quantitative estimate of drug-likeness (QED) is 0.908. The van der Waals surface area contributed by atoms with Crippen molar-refractivity contribution in [2.24, 2.45) is 0 Å². The van der Waals surface area contributed by atoms with E-state index in [1.54, 1.807) is 12.1 Å². The number of aromatic hydroxyl groups is 1. The summed E-state index contributed by atoms with van der Waals surface area (Å²) in [4.78, 5) is 15.1. The second kappa shape index (κ2) is 6.43. The zero-order valence-corrected chi connectivity index (χ0v) is 14.4. The summed E-state index contributed by atoms with van der Waals surface area (Å²) in [6, 6.07) is 13.8. The fourth-order valence-electron chi connectivity index (χ4n) is 4.44. The Bertz CT molecular complexity index is 801. The molecule has 1 fully saturated rings. The van der Waals surface area contributed by atoms with Crippen molar-refractivity contribution in [3.8, 4) is 11.5 Å². The Morgan fingerprint density at radius 3 is 2.84 bits per heavy atom. The number of hydrogen-bond acceptors (Lipinski definition) is 3. The van der Waals surface area contributed by atoms with Gasteiger partial charge in [0.2, 0.25) is 0 Å². The van der Waals surface area contributed by atoms with E-state index in [1.807, 2.05) is 4.90 Å². The zero-order chi connectivity index (χ0) is 17.4. The Kier molecular flexibility index (Phi) is 4.12. The molecule has 4 nitrogen and oxygen atoms in total. The van der Waals surface area contributed by atoms with Gasteiger partial charge in [0.15, 0.2) is 11.5 Å². The number of benzene rings is 2. The molecule has 1 amide bonds. The number of rotatable bonds is 2. The van der Waals surface area contributed by atoms with E-state index in [2.05, 4.69) is 24.3 Å². The second-order valence-corrected chi connectivity index (χ2v) is 6.94. The van der Waals surface area contributed by atoms with Crippen LogP contribution in [0.4, 0.5) is 0 Å². The first-order valence-electron chi connectivity index (χ1n) is 8.95. The molecule has 0 saturated carbocycles. The number of carbonyl (C=O) groups excluding carboxylic acids is 1. The smallest absolute Gasteiger partial charge is 0.254 e. The van der Waals surface area contributed by atoms with Gasteiger partial charge in [0, 0.05) is 24.1 Å². The van der Waals surface area contributed by atoms with Crippen LogP contribution in [0.25, 0.3) is 0 Å². The van der Waals surface area contributed by atoms with Crippen molar-refractivity contribution < 1.29 is 14.6 Å². The molecule has 25 heavy (non-hydrogen) atoms. The van der Waals surface area contributed by atoms with Gasteiger partial charge in [0.1, 0.15) is 0 Å². The largest absolute Gasteiger partial charge is 0.504 e. The van der Waals surface area contributed by atoms with E-state index in [1.165, 1.54) is 24.3 Å². The molecular formula is C21H23NO3. The van der Waals surface area contributed by atoms with Crippen molar-refractivity contribution >= 4 is 5.91 Å². The molecule has 4 heteroatoms. The van der Waals surface area contributed by atoms with E-state index in [4.69, 9.17) is 4.74 Å². The average Bonchev–Trinajstić information content (AvgIpc) is 2.66. The first kappa shape index (κ1) is 16.0. The Morgan fingerprint density at radius 2 is 2.04 bits per heavy atom. The number of carbonyl (C=O) groups is 1. The number of likely N-dealkylation sites (tertiary alicyclic amines) is 1. The molecule has 1 heterocycles. The molecule has 0 aromatic heterocycles. The fourth-order valence-corrected chi connectivity index (χ4v) is 4.44. The predicted molar refractivity (Wildman–Crippen MR) is 96.2 cm³/mol. The van der Waals surface area contributed by atoms with Crippen LogP contribution in [0.15, 0.2) is 42.5 Å². The minimum absolute atomic E-state index is 0.00651. The summed E-state index contributed by atoms with van der Waals surface area (Å²) in [6.45, 7) is 0.787. The normalized spacial score (nSPS) is 22.0. The lowest BCUT2D eigenvalue weighted by atomic mass is 9.74. The maximum Gasteiger partial charge on any atom is 0.254 e. The molecule has 1 aliphatic carbocycles. The second-order valence-electron chi connectivity index (χ2n) is 6.94. The number of fused-ring (bicyclic) bond motifs is 3. The summed E-state index contributed by atoms with van der Waals surface area (Å²) >= 11 is 0. The highest BCUT2D eigenvalue weighted by atomic mass is 16.5. The van der Waals surface area contributed by atoms with E-state index < -0.39 is 0 Å². The lowest BCUT2D eigenvalue weighted by Crippen LogP contribution is -2.49. The molecule has 2 aromatic rings. The van der Waals surface area contributed by atoms with E-state index >= 15 is 0 Å². The van der Waals surface area contributed by atoms with Gasteiger partial charge in [-0.3, -0.25) is 4.79 Å². The SMILES string of the molecule is COc1ccc(C(=O)N2CCC[C@@H]3c4ccccc4CCC32)cc1O. The van der Waals surface area contributed by atoms with Crippen LogP contribution in [0.3, 0.4) is 0 Å². The number of nitrogens with zero attached hydrogens (tertiary/aromatic N) is 1. The maximum absolute atomic E-state index is 13.1. The van der Waals surface area contributed by atoms with Crippen LogP contribution in [0, 0.1) is 0 Å². The number of phenols is 1. The standard InChI is InChI=1S/C21H23NO3/c1-25-20-11-9-15(13-19(20)23)21(24)22-12-4-7-17-16-6-3-2-5-14(16)8-10-18(17)22/h2-3,5-6,9,11,13,17-18,23H,4,7-8,10,12H2,1H3/t17-,18?/m1/s1. The van der Waals surface area contributed by atoms with Gasteiger partial charge in [0.05, 0.1) is 7.11 Å². The van der Waals surface area contributed by atoms with Crippen molar-refractivity contribution in [3.63, 3.8) is 0 Å². The molecule has 2 atom stereocenters. The van der Waals surface area contributed by atoms with Gasteiger partial charge < -0.3 is 14.7 Å². The van der Waals surface area contributed by atoms with E-state index in [0.717, 1.165) is 32.2 Å². The number of methoxy groups -OCH3 is 1. The first-order chi connectivity index (χ1) is 12.2. The molecule has 0 spiro atoms. The highest BCUT2D eigenvalue weighted by Gasteiger charge is 2.38. The lowest BCUT2D eigenvalue weighted by molar-refractivity contribution is 0.0546. The summed E-state index contributed by atoms with van der Waals surface area (Å²) in [6.07, 6.45) is 4.19. The summed E-state index contributed by atoms with van der Waals surface area (Å²) < 4.78 is 5.08. The molecule has 2 aliphatic rings. The minimum atomic E-state index is 0.00651. The molecular weight excluding hydrogens is 314 g/mol. The van der Waals surface area contributed by atoms with Crippen LogP contribution in [-0.4, -0.2) is 35.6 Å². The van der Waals surface area contributed by atoms with E-state index in [0.29, 0.717) is 17.2 Å². The van der Waals surface area contributed by atoms with Crippen molar-refractivity contribution in [2.75, 3.05) is 13.7 Å². The summed E-state index contributed by atoms with van der Waals surface area (Å²) in [5.41, 5.74) is 3.37. The molecule has 0 bridgehead atoms. The molecule has 0 radical (unpaired) electrons. The highest BCUT2D eigenvalue weighted by Crippen LogP contribution is 2.41. The summed E-state index contributed by atoms with van der Waals surface area (Å²) in [5, 5.41) is 10.0. The van der Waals surface area contributed by atoms with Crippen molar-refractivity contribution in [2.45, 2.75) is 37.6 Å². The number of aryl methyl sites for hydroxylation is 1. The topological polar surface area (TPSA) is 49.8 Å². The lowest BCUT2D eigenvalue weighted by Gasteiger charge is -2.45. The van der Waals surface area contributed by atoms with Crippen LogP contribution in [0.2, 0.25) is 0 Å². The molecule has 1 saturated heterocycles. The zero-order valence-electron chi connectivity index (χ0n) is 14.4. The molecule has 4 rings (SSSR count). The van der Waals surface area contributed by atoms with Gasteiger partial charge in [-0.1, -0.05) is 24.3 Å². The third kappa shape index (κ3) is 2.76. The maximum atomic E-state index is 13.1. The number of piperidine rings is 1. The fraction of sp³-hybridized carbons (Fsp3) is 0.381. The average molecular weight is 337 g/mol. The number of ether oxygens (including phenoxy) is 1. The summed E-state index contributed by atoms with van der Waals surface area (Å²) in [7, 11) is 1.51. The molecule has 1 N–H and O–H groups in total. The predicted octanol–water partition coefficient (Wildman–Crippen LogP) is 3.74. The summed E-state index contributed by atoms with van der Waals surface area (Å²) in [5.74, 6) is 0.831. The number of phenolic OH excluding ortho intramolecular Hbond substituents is 1. The van der Waals surface area contributed by atoms with Gasteiger partial charge in [-0.15, -0.1) is 0 Å². The molecule has 1 unspecified atom stereocenters. The van der Waals surface area contributed by atoms with E-state index in [-0.39, 0.29) is 17.7 Å². The Hall–Kier alpha value is -2.49. The number of amides is 1. The Labute approximate surface area is 148 Å². The first-order valence-corrected chi connectivity index (χ1v) is 8.95.